The second kappa shape index (κ2) is 14.7. The van der Waals surface area contributed by atoms with Crippen molar-refractivity contribution in [2.24, 2.45) is 21.7 Å². The molecule has 5 aromatic rings. The Bertz CT molecular complexity index is 2510. The molecule has 0 aliphatic heterocycles. The molecule has 0 radical (unpaired) electrons. The van der Waals surface area contributed by atoms with E-state index < -0.39 is 46.3 Å². The number of fused-ring (bicyclic) bond motifs is 2. The predicted octanol–water partition coefficient (Wildman–Crippen LogP) is 7.99. The van der Waals surface area contributed by atoms with E-state index in [0.717, 1.165) is 84.6 Å². The summed E-state index contributed by atoms with van der Waals surface area (Å²) >= 11 is 0. The molecule has 4 saturated carbocycles. The predicted molar refractivity (Wildman–Crippen MR) is 240 cm³/mol. The molecule has 4 fully saturated rings. The fraction of sp³-hybridized carbons (Fsp3) is 0.542. The molecule has 4 N–H and O–H groups in total. The van der Waals surface area contributed by atoms with Crippen molar-refractivity contribution in [1.82, 2.24) is 50.3 Å². The van der Waals surface area contributed by atoms with E-state index in [1.165, 1.54) is 9.80 Å². The van der Waals surface area contributed by atoms with Crippen LogP contribution in [0.25, 0.3) is 44.6 Å². The van der Waals surface area contributed by atoms with Crippen molar-refractivity contribution in [3.8, 4) is 22.5 Å². The minimum Gasteiger partial charge on any atom is -0.432 e. The molecule has 16 heteroatoms. The molecule has 0 saturated heterocycles. The highest BCUT2D eigenvalue weighted by Crippen LogP contribution is 2.59. The number of rotatable bonds is 14. The highest BCUT2D eigenvalue weighted by atomic mass is 16.6. The Morgan fingerprint density at radius 1 is 0.609 bits per heavy atom. The SMILES string of the molecule is CN(C)C(=O)OC(C)(C(=O)N[C@H](c1nc2ccc(-c3cnc(-c4ccc5nc([C@@H](NC(=O)C(C)(OC(=O)N(C)C)C6(C)CC6)C6(C)CC6)[nH]c5c4)cn3)cc2[nH]1)C1(C)CC1)C1(C)CC1. The molecule has 3 heterocycles. The molecule has 4 amide bonds. The first-order valence-corrected chi connectivity index (χ1v) is 22.3. The third-order valence-electron chi connectivity index (χ3n) is 15.3. The van der Waals surface area contributed by atoms with Crippen LogP contribution in [0.1, 0.15) is 117 Å². The monoisotopic (exact) mass is 872 g/mol. The second-order valence-corrected chi connectivity index (χ2v) is 20.8. The number of aromatic nitrogens is 6. The van der Waals surface area contributed by atoms with Gasteiger partial charge in [-0.3, -0.25) is 19.6 Å². The molecule has 4 aliphatic carbocycles. The van der Waals surface area contributed by atoms with E-state index in [2.05, 4.69) is 34.4 Å². The van der Waals surface area contributed by atoms with Crippen LogP contribution in [0.4, 0.5) is 9.59 Å². The van der Waals surface area contributed by atoms with Gasteiger partial charge in [0.05, 0.1) is 57.9 Å². The highest BCUT2D eigenvalue weighted by molar-refractivity contribution is 5.90. The second-order valence-electron chi connectivity index (χ2n) is 20.8. The fourth-order valence-electron chi connectivity index (χ4n) is 8.68. The summed E-state index contributed by atoms with van der Waals surface area (Å²) in [5.41, 5.74) is 2.21. The lowest BCUT2D eigenvalue weighted by molar-refractivity contribution is -0.148. The molecular weight excluding hydrogens is 813 g/mol. The number of carbonyl (C=O) groups is 4. The van der Waals surface area contributed by atoms with Crippen LogP contribution >= 0.6 is 0 Å². The van der Waals surface area contributed by atoms with Crippen LogP contribution in [0, 0.1) is 21.7 Å². The van der Waals surface area contributed by atoms with E-state index in [1.54, 1.807) is 54.4 Å². The Labute approximate surface area is 373 Å². The number of imidazole rings is 2. The molecule has 9 rings (SSSR count). The lowest BCUT2D eigenvalue weighted by Gasteiger charge is -2.37. The van der Waals surface area contributed by atoms with Crippen LogP contribution in [0.2, 0.25) is 0 Å². The molecule has 2 aromatic carbocycles. The minimum atomic E-state index is -1.34. The number of hydrogen-bond acceptors (Lipinski definition) is 10. The Kier molecular flexibility index (Phi) is 9.95. The van der Waals surface area contributed by atoms with E-state index in [4.69, 9.17) is 29.4 Å². The lowest BCUT2D eigenvalue weighted by atomic mass is 9.85. The maximum Gasteiger partial charge on any atom is 0.410 e. The number of carbonyl (C=O) groups excluding carboxylic acids is 4. The van der Waals surface area contributed by atoms with Gasteiger partial charge in [-0.15, -0.1) is 0 Å². The van der Waals surface area contributed by atoms with E-state index in [-0.39, 0.29) is 22.6 Å². The average Bonchev–Trinajstić information content (AvgIpc) is 4.21. The first-order chi connectivity index (χ1) is 30.1. The number of ether oxygens (including phenoxy) is 2. The highest BCUT2D eigenvalue weighted by Gasteiger charge is 2.63. The van der Waals surface area contributed by atoms with Gasteiger partial charge in [0.1, 0.15) is 11.6 Å². The standard InChI is InChI=1S/C48H60N10O6/c1-43(15-16-43)35(55-39(59)47(5,45(3)19-20-45)63-41(61)57(7)8)37-51-29-13-11-27(23-31(29)53-37)33-25-50-34(26-49-33)28-12-14-30-32(24-28)54-38(52-30)36(44(2)17-18-44)56-40(60)48(6,46(4)21-22-46)64-42(62)58(9)10/h11-14,23-26,35-36H,15-22H2,1-10H3,(H,51,53)(H,52,54)(H,55,59)(H,56,60)/t35-,36-,47?,48?/m1/s1. The first-order valence-electron chi connectivity index (χ1n) is 22.3. The molecule has 64 heavy (non-hydrogen) atoms. The number of aromatic amines is 2. The van der Waals surface area contributed by atoms with Gasteiger partial charge in [0.15, 0.2) is 11.2 Å². The third kappa shape index (κ3) is 7.51. The quantitative estimate of drug-likeness (QED) is 0.0848. The van der Waals surface area contributed by atoms with Gasteiger partial charge in [-0.25, -0.2) is 19.6 Å². The number of H-pyrrole nitrogens is 2. The van der Waals surface area contributed by atoms with Crippen molar-refractivity contribution in [3.63, 3.8) is 0 Å². The van der Waals surface area contributed by atoms with Gasteiger partial charge in [-0.05, 0) is 100 Å². The van der Waals surface area contributed by atoms with Crippen molar-refractivity contribution < 1.29 is 28.7 Å². The molecule has 3 aromatic heterocycles. The number of nitrogens with one attached hydrogen (secondary N) is 4. The zero-order valence-corrected chi connectivity index (χ0v) is 38.6. The van der Waals surface area contributed by atoms with Crippen molar-refractivity contribution in [2.45, 2.75) is 116 Å². The maximum absolute atomic E-state index is 14.1. The first kappa shape index (κ1) is 43.2. The van der Waals surface area contributed by atoms with Crippen LogP contribution in [0.3, 0.4) is 0 Å². The summed E-state index contributed by atoms with van der Waals surface area (Å²) in [6.45, 7) is 11.7. The molecule has 16 nitrogen and oxygen atoms in total. The fourth-order valence-corrected chi connectivity index (χ4v) is 8.68. The molecular formula is C48H60N10O6. The Balaban J connectivity index is 0.928. The number of nitrogens with zero attached hydrogens (tertiary/aromatic N) is 6. The smallest absolute Gasteiger partial charge is 0.410 e. The number of benzene rings is 2. The van der Waals surface area contributed by atoms with Gasteiger partial charge in [-0.1, -0.05) is 39.8 Å². The Hall–Kier alpha value is -6.06. The Morgan fingerprint density at radius 2 is 0.969 bits per heavy atom. The summed E-state index contributed by atoms with van der Waals surface area (Å²) in [7, 11) is 6.45. The lowest BCUT2D eigenvalue weighted by Crippen LogP contribution is -2.55. The van der Waals surface area contributed by atoms with Gasteiger partial charge < -0.3 is 39.9 Å². The molecule has 338 valence electrons. The number of amides is 4. The van der Waals surface area contributed by atoms with Gasteiger partial charge >= 0.3 is 12.2 Å². The van der Waals surface area contributed by atoms with E-state index >= 15 is 0 Å². The van der Waals surface area contributed by atoms with Gasteiger partial charge in [-0.2, -0.15) is 0 Å². The largest absolute Gasteiger partial charge is 0.432 e. The van der Waals surface area contributed by atoms with Crippen LogP contribution in [0.5, 0.6) is 0 Å². The van der Waals surface area contributed by atoms with Crippen molar-refractivity contribution in [1.29, 1.82) is 0 Å². The normalized spacial score (nSPS) is 21.0. The van der Waals surface area contributed by atoms with Crippen molar-refractivity contribution in [3.05, 3.63) is 60.4 Å². The van der Waals surface area contributed by atoms with Crippen LogP contribution in [-0.4, -0.2) is 103 Å². The van der Waals surface area contributed by atoms with E-state index in [9.17, 15) is 19.2 Å². The van der Waals surface area contributed by atoms with Gasteiger partial charge in [0.25, 0.3) is 11.8 Å². The average molecular weight is 873 g/mol. The van der Waals surface area contributed by atoms with Crippen LogP contribution < -0.4 is 10.6 Å². The van der Waals surface area contributed by atoms with Gasteiger partial charge in [0, 0.05) is 50.1 Å². The van der Waals surface area contributed by atoms with Crippen LogP contribution in [0.15, 0.2) is 48.8 Å². The summed E-state index contributed by atoms with van der Waals surface area (Å²) < 4.78 is 11.8. The van der Waals surface area contributed by atoms with Crippen molar-refractivity contribution in [2.75, 3.05) is 28.2 Å². The third-order valence-corrected chi connectivity index (χ3v) is 15.3. The van der Waals surface area contributed by atoms with E-state index in [1.807, 2.05) is 50.2 Å². The molecule has 2 unspecified atom stereocenters. The number of hydrogen-bond donors (Lipinski definition) is 4. The summed E-state index contributed by atoms with van der Waals surface area (Å²) in [6, 6.07) is 11.0. The van der Waals surface area contributed by atoms with Crippen LogP contribution in [-0.2, 0) is 19.1 Å². The Morgan fingerprint density at radius 3 is 1.27 bits per heavy atom. The minimum absolute atomic E-state index is 0.196. The molecule has 4 aliphatic rings. The summed E-state index contributed by atoms with van der Waals surface area (Å²) in [6.07, 6.45) is 9.27. The van der Waals surface area contributed by atoms with Crippen molar-refractivity contribution >= 4 is 46.1 Å². The molecule has 0 spiro atoms. The van der Waals surface area contributed by atoms with E-state index in [0.29, 0.717) is 23.0 Å². The molecule has 0 bridgehead atoms. The summed E-state index contributed by atoms with van der Waals surface area (Å²) in [5, 5.41) is 6.52. The molecule has 4 atom stereocenters. The zero-order valence-electron chi connectivity index (χ0n) is 38.6. The summed E-state index contributed by atoms with van der Waals surface area (Å²) in [5.74, 6) is 0.658. The van der Waals surface area contributed by atoms with Gasteiger partial charge in [0.2, 0.25) is 0 Å². The maximum atomic E-state index is 14.1. The summed E-state index contributed by atoms with van der Waals surface area (Å²) in [4.78, 5) is 82.9. The topological polar surface area (TPSA) is 200 Å². The zero-order chi connectivity index (χ0) is 45.8.